The summed E-state index contributed by atoms with van der Waals surface area (Å²) in [6.45, 7) is 3.63. The minimum atomic E-state index is 0.728. The van der Waals surface area contributed by atoms with Crippen LogP contribution in [-0.4, -0.2) is 50.5 Å². The van der Waals surface area contributed by atoms with Crippen molar-refractivity contribution in [3.05, 3.63) is 0 Å². The van der Waals surface area contributed by atoms with Crippen LogP contribution in [-0.2, 0) is 4.79 Å². The molecule has 1 atom stereocenters. The number of rotatable bonds is 4. The molecule has 0 aromatic heterocycles. The Morgan fingerprint density at radius 1 is 1.82 bits per heavy atom. The third-order valence-electron chi connectivity index (χ3n) is 1.95. The van der Waals surface area contributed by atoms with Crippen LogP contribution in [0.15, 0.2) is 4.99 Å². The Morgan fingerprint density at radius 2 is 2.64 bits per heavy atom. The smallest absolute Gasteiger partial charge is 0.207 e. The monoisotopic (exact) mass is 156 g/mol. The Hall–Kier alpha value is -0.900. The fourth-order valence-corrected chi connectivity index (χ4v) is 1.15. The predicted octanol–water partition coefficient (Wildman–Crippen LogP) is -0.779. The normalized spacial score (nSPS) is 28.8. The van der Waals surface area contributed by atoms with Gasteiger partial charge in [0.2, 0.25) is 6.41 Å². The Morgan fingerprint density at radius 3 is 3.18 bits per heavy atom. The first-order valence-electron chi connectivity index (χ1n) is 3.79. The molecule has 1 heterocycles. The Kier molecular flexibility index (Phi) is 2.59. The van der Waals surface area contributed by atoms with Crippen molar-refractivity contribution in [1.29, 1.82) is 0 Å². The molecule has 0 aliphatic carbocycles. The molecule has 0 fully saturated rings. The molecule has 0 saturated heterocycles. The van der Waals surface area contributed by atoms with Gasteiger partial charge < -0.3 is 5.32 Å². The van der Waals surface area contributed by atoms with Gasteiger partial charge in [-0.2, -0.15) is 0 Å². The van der Waals surface area contributed by atoms with Crippen LogP contribution in [0.4, 0.5) is 0 Å². The molecule has 4 nitrogen and oxygen atoms in total. The van der Waals surface area contributed by atoms with Gasteiger partial charge in [-0.15, -0.1) is 0 Å². The van der Waals surface area contributed by atoms with E-state index in [1.54, 1.807) is 0 Å². The largest absolute Gasteiger partial charge is 0.353 e. The van der Waals surface area contributed by atoms with Crippen LogP contribution >= 0.6 is 0 Å². The number of quaternary nitrogens is 1. The highest BCUT2D eigenvalue weighted by Gasteiger charge is 2.22. The molecule has 1 N–H and O–H groups in total. The third-order valence-corrected chi connectivity index (χ3v) is 1.95. The van der Waals surface area contributed by atoms with Crippen molar-refractivity contribution in [3.63, 3.8) is 0 Å². The molecule has 1 unspecified atom stereocenters. The first-order valence-corrected chi connectivity index (χ1v) is 3.79. The second-order valence-electron chi connectivity index (χ2n) is 3.02. The number of carbonyl (C=O) groups is 1. The molecule has 1 amide bonds. The number of aliphatic imine (C=N–C) groups is 1. The summed E-state index contributed by atoms with van der Waals surface area (Å²) in [5.74, 6) is 0. The van der Waals surface area contributed by atoms with Gasteiger partial charge in [-0.1, -0.05) is 0 Å². The molecular formula is C7H14N3O+. The molecule has 0 spiro atoms. The zero-order chi connectivity index (χ0) is 8.16. The zero-order valence-corrected chi connectivity index (χ0v) is 6.79. The first kappa shape index (κ1) is 8.20. The number of hydrogen-bond donors (Lipinski definition) is 1. The molecule has 11 heavy (non-hydrogen) atoms. The predicted molar refractivity (Wildman–Crippen MR) is 43.3 cm³/mol. The number of carbonyl (C=O) groups excluding carboxylic acids is 1. The van der Waals surface area contributed by atoms with Crippen LogP contribution in [0.25, 0.3) is 0 Å². The van der Waals surface area contributed by atoms with Crippen molar-refractivity contribution in [3.8, 4) is 0 Å². The summed E-state index contributed by atoms with van der Waals surface area (Å²) < 4.78 is 0.848. The van der Waals surface area contributed by atoms with E-state index in [2.05, 4.69) is 17.4 Å². The lowest BCUT2D eigenvalue weighted by molar-refractivity contribution is -0.805. The summed E-state index contributed by atoms with van der Waals surface area (Å²) in [5, 5.41) is 2.64. The highest BCUT2D eigenvalue weighted by Crippen LogP contribution is 2.02. The van der Waals surface area contributed by atoms with Gasteiger partial charge >= 0.3 is 0 Å². The van der Waals surface area contributed by atoms with Gasteiger partial charge in [-0.05, 0) is 0 Å². The van der Waals surface area contributed by atoms with E-state index < -0.39 is 0 Å². The van der Waals surface area contributed by atoms with E-state index in [1.807, 2.05) is 6.34 Å². The summed E-state index contributed by atoms with van der Waals surface area (Å²) >= 11 is 0. The van der Waals surface area contributed by atoms with Crippen molar-refractivity contribution >= 4 is 12.7 Å². The fourth-order valence-electron chi connectivity index (χ4n) is 1.15. The average Bonchev–Trinajstić information content (AvgIpc) is 2.38. The van der Waals surface area contributed by atoms with E-state index in [0.29, 0.717) is 0 Å². The van der Waals surface area contributed by atoms with E-state index in [9.17, 15) is 4.79 Å². The van der Waals surface area contributed by atoms with Gasteiger partial charge in [0.1, 0.15) is 13.1 Å². The lowest BCUT2D eigenvalue weighted by Crippen LogP contribution is -2.45. The maximum absolute atomic E-state index is 9.93. The van der Waals surface area contributed by atoms with Crippen molar-refractivity contribution < 1.29 is 9.28 Å². The molecule has 0 bridgehead atoms. The molecular weight excluding hydrogens is 142 g/mol. The molecule has 0 aromatic carbocycles. The van der Waals surface area contributed by atoms with Crippen molar-refractivity contribution in [2.75, 3.05) is 33.2 Å². The standard InChI is InChI=1S/C7H13N3O/c1-10(4-2-8-6-10)5-3-9-7-11/h6-7H,2-5H2,1H3/p+1. The van der Waals surface area contributed by atoms with E-state index in [0.717, 1.165) is 37.1 Å². The molecule has 0 radical (unpaired) electrons. The maximum Gasteiger partial charge on any atom is 0.207 e. The van der Waals surface area contributed by atoms with Gasteiger partial charge in [0.05, 0.1) is 20.1 Å². The van der Waals surface area contributed by atoms with Crippen LogP contribution < -0.4 is 5.32 Å². The van der Waals surface area contributed by atoms with Crippen LogP contribution in [0.5, 0.6) is 0 Å². The van der Waals surface area contributed by atoms with Crippen molar-refractivity contribution in [2.24, 2.45) is 4.99 Å². The summed E-state index contributed by atoms with van der Waals surface area (Å²) in [4.78, 5) is 14.1. The maximum atomic E-state index is 9.93. The second kappa shape index (κ2) is 3.48. The number of likely N-dealkylation sites (N-methyl/N-ethyl adjacent to an activating group) is 1. The van der Waals surface area contributed by atoms with Crippen LogP contribution in [0.1, 0.15) is 0 Å². The summed E-state index contributed by atoms with van der Waals surface area (Å²) in [5.41, 5.74) is 0. The Labute approximate surface area is 66.5 Å². The highest BCUT2D eigenvalue weighted by molar-refractivity contribution is 5.48. The number of hydrogen-bond acceptors (Lipinski definition) is 2. The Balaban J connectivity index is 2.23. The molecule has 62 valence electrons. The third kappa shape index (κ3) is 2.31. The van der Waals surface area contributed by atoms with E-state index in [-0.39, 0.29) is 0 Å². The molecule has 0 aromatic rings. The van der Waals surface area contributed by atoms with Crippen LogP contribution in [0.2, 0.25) is 0 Å². The quantitative estimate of drug-likeness (QED) is 0.324. The Bertz CT molecular complexity index is 169. The first-order chi connectivity index (χ1) is 5.27. The second-order valence-corrected chi connectivity index (χ2v) is 3.02. The fraction of sp³-hybridized carbons (Fsp3) is 0.714. The van der Waals surface area contributed by atoms with Gasteiger partial charge in [0, 0.05) is 0 Å². The molecule has 0 saturated carbocycles. The van der Waals surface area contributed by atoms with Gasteiger partial charge in [0.15, 0.2) is 6.34 Å². The molecule has 1 aliphatic rings. The minimum absolute atomic E-state index is 0.728. The lowest BCUT2D eigenvalue weighted by Gasteiger charge is -2.24. The van der Waals surface area contributed by atoms with Crippen molar-refractivity contribution in [1.82, 2.24) is 5.32 Å². The number of nitrogens with zero attached hydrogens (tertiary/aromatic N) is 2. The SMILES string of the molecule is C[N+]1(CCNC=O)C=NCC1. The molecule has 1 rings (SSSR count). The molecule has 4 heteroatoms. The molecule has 1 aliphatic heterocycles. The summed E-state index contributed by atoms with van der Waals surface area (Å²) in [6.07, 6.45) is 2.69. The van der Waals surface area contributed by atoms with Crippen LogP contribution in [0.3, 0.4) is 0 Å². The van der Waals surface area contributed by atoms with Gasteiger partial charge in [-0.25, -0.2) is 4.99 Å². The number of nitrogens with one attached hydrogen (secondary N) is 1. The minimum Gasteiger partial charge on any atom is -0.353 e. The highest BCUT2D eigenvalue weighted by atomic mass is 16.1. The van der Waals surface area contributed by atoms with E-state index in [4.69, 9.17) is 0 Å². The average molecular weight is 156 g/mol. The van der Waals surface area contributed by atoms with E-state index in [1.165, 1.54) is 0 Å². The van der Waals surface area contributed by atoms with Crippen LogP contribution in [0, 0.1) is 0 Å². The topological polar surface area (TPSA) is 41.5 Å². The van der Waals surface area contributed by atoms with E-state index >= 15 is 0 Å². The lowest BCUT2D eigenvalue weighted by atomic mass is 10.4. The van der Waals surface area contributed by atoms with Gasteiger partial charge in [0.25, 0.3) is 0 Å². The zero-order valence-electron chi connectivity index (χ0n) is 6.79. The summed E-state index contributed by atoms with van der Waals surface area (Å²) in [7, 11) is 2.11. The number of amides is 1. The summed E-state index contributed by atoms with van der Waals surface area (Å²) in [6, 6.07) is 0. The van der Waals surface area contributed by atoms with Crippen molar-refractivity contribution in [2.45, 2.75) is 0 Å². The van der Waals surface area contributed by atoms with Gasteiger partial charge in [-0.3, -0.25) is 9.28 Å².